The number of ether oxygens (including phenoxy) is 2. The highest BCUT2D eigenvalue weighted by atomic mass is 16.5. The highest BCUT2D eigenvalue weighted by molar-refractivity contribution is 5.59. The van der Waals surface area contributed by atoms with Crippen molar-refractivity contribution in [3.8, 4) is 11.5 Å². The third kappa shape index (κ3) is 2.55. The van der Waals surface area contributed by atoms with Gasteiger partial charge in [0.25, 0.3) is 0 Å². The molecule has 0 aliphatic carbocycles. The molecule has 0 aliphatic rings. The zero-order valence-corrected chi connectivity index (χ0v) is 8.96. The lowest BCUT2D eigenvalue weighted by Crippen LogP contribution is -2.02. The molecule has 0 bridgehead atoms. The van der Waals surface area contributed by atoms with Gasteiger partial charge < -0.3 is 14.8 Å². The zero-order valence-electron chi connectivity index (χ0n) is 8.96. The Morgan fingerprint density at radius 3 is 2.57 bits per heavy atom. The molecular weight excluding hydrogens is 178 g/mol. The number of hydrogen-bond donors (Lipinski definition) is 1. The largest absolute Gasteiger partial charge is 0.497 e. The highest BCUT2D eigenvalue weighted by Crippen LogP contribution is 2.28. The normalized spacial score (nSPS) is 9.64. The minimum atomic E-state index is 0.837. The Labute approximate surface area is 85.0 Å². The van der Waals surface area contributed by atoms with E-state index in [0.29, 0.717) is 0 Å². The summed E-state index contributed by atoms with van der Waals surface area (Å²) >= 11 is 0. The van der Waals surface area contributed by atoms with E-state index in [9.17, 15) is 0 Å². The molecule has 0 aliphatic heterocycles. The maximum absolute atomic E-state index is 5.22. The van der Waals surface area contributed by atoms with Crippen molar-refractivity contribution >= 4 is 5.69 Å². The first-order valence-electron chi connectivity index (χ1n) is 4.77. The fourth-order valence-electron chi connectivity index (χ4n) is 1.21. The van der Waals surface area contributed by atoms with Crippen LogP contribution in [0.2, 0.25) is 0 Å². The van der Waals surface area contributed by atoms with E-state index < -0.39 is 0 Å². The van der Waals surface area contributed by atoms with Gasteiger partial charge in [0.1, 0.15) is 11.5 Å². The number of hydrogen-bond acceptors (Lipinski definition) is 3. The number of rotatable bonds is 5. The van der Waals surface area contributed by atoms with Crippen molar-refractivity contribution in [1.29, 1.82) is 0 Å². The monoisotopic (exact) mass is 195 g/mol. The second-order valence-corrected chi connectivity index (χ2v) is 2.99. The third-order valence-electron chi connectivity index (χ3n) is 1.97. The molecule has 3 nitrogen and oxygen atoms in total. The van der Waals surface area contributed by atoms with Gasteiger partial charge in [-0.1, -0.05) is 6.92 Å². The Bertz CT molecular complexity index is 287. The van der Waals surface area contributed by atoms with E-state index in [1.54, 1.807) is 14.2 Å². The number of methoxy groups -OCH3 is 2. The molecule has 0 saturated carbocycles. The Morgan fingerprint density at radius 1 is 1.21 bits per heavy atom. The van der Waals surface area contributed by atoms with Gasteiger partial charge in [0.2, 0.25) is 0 Å². The first-order valence-corrected chi connectivity index (χ1v) is 4.77. The van der Waals surface area contributed by atoms with Gasteiger partial charge in [-0.3, -0.25) is 0 Å². The summed E-state index contributed by atoms with van der Waals surface area (Å²) in [7, 11) is 3.32. The molecule has 14 heavy (non-hydrogen) atoms. The molecule has 1 rings (SSSR count). The average molecular weight is 195 g/mol. The van der Waals surface area contributed by atoms with Crippen LogP contribution >= 0.6 is 0 Å². The summed E-state index contributed by atoms with van der Waals surface area (Å²) in [4.78, 5) is 0. The summed E-state index contributed by atoms with van der Waals surface area (Å²) in [6.45, 7) is 3.06. The minimum Gasteiger partial charge on any atom is -0.497 e. The van der Waals surface area contributed by atoms with Gasteiger partial charge >= 0.3 is 0 Å². The van der Waals surface area contributed by atoms with Crippen LogP contribution in [0.4, 0.5) is 5.69 Å². The Kier molecular flexibility index (Phi) is 4.11. The molecule has 0 aromatic heterocycles. The van der Waals surface area contributed by atoms with Crippen molar-refractivity contribution in [1.82, 2.24) is 0 Å². The molecule has 1 N–H and O–H groups in total. The van der Waals surface area contributed by atoms with Gasteiger partial charge in [0, 0.05) is 12.6 Å². The first-order chi connectivity index (χ1) is 6.81. The van der Waals surface area contributed by atoms with E-state index in [0.717, 1.165) is 30.2 Å². The van der Waals surface area contributed by atoms with Crippen molar-refractivity contribution in [2.75, 3.05) is 26.1 Å². The van der Waals surface area contributed by atoms with Crippen molar-refractivity contribution in [2.24, 2.45) is 0 Å². The Hall–Kier alpha value is -1.38. The van der Waals surface area contributed by atoms with Crippen molar-refractivity contribution < 1.29 is 9.47 Å². The Balaban J connectivity index is 2.84. The van der Waals surface area contributed by atoms with Crippen LogP contribution in [0.15, 0.2) is 18.2 Å². The molecule has 1 aromatic rings. The SMILES string of the molecule is CCCNc1cc(OC)ccc1OC. The van der Waals surface area contributed by atoms with Crippen LogP contribution in [0.1, 0.15) is 13.3 Å². The summed E-state index contributed by atoms with van der Waals surface area (Å²) in [5.74, 6) is 1.68. The van der Waals surface area contributed by atoms with Crippen LogP contribution in [-0.2, 0) is 0 Å². The minimum absolute atomic E-state index is 0.837. The predicted molar refractivity (Wildman–Crippen MR) is 58.3 cm³/mol. The topological polar surface area (TPSA) is 30.5 Å². The quantitative estimate of drug-likeness (QED) is 0.783. The highest BCUT2D eigenvalue weighted by Gasteiger charge is 2.03. The third-order valence-corrected chi connectivity index (χ3v) is 1.97. The molecule has 0 fully saturated rings. The van der Waals surface area contributed by atoms with Gasteiger partial charge in [0.15, 0.2) is 0 Å². The molecule has 3 heteroatoms. The second kappa shape index (κ2) is 5.37. The number of benzene rings is 1. The van der Waals surface area contributed by atoms with Crippen LogP contribution < -0.4 is 14.8 Å². The van der Waals surface area contributed by atoms with E-state index in [-0.39, 0.29) is 0 Å². The van der Waals surface area contributed by atoms with E-state index in [1.165, 1.54) is 0 Å². The average Bonchev–Trinajstić information content (AvgIpc) is 2.25. The summed E-state index contributed by atoms with van der Waals surface area (Å²) in [5.41, 5.74) is 0.980. The smallest absolute Gasteiger partial charge is 0.142 e. The van der Waals surface area contributed by atoms with Crippen LogP contribution in [0.25, 0.3) is 0 Å². The van der Waals surface area contributed by atoms with Gasteiger partial charge in [-0.2, -0.15) is 0 Å². The maximum atomic E-state index is 5.22. The van der Waals surface area contributed by atoms with Gasteiger partial charge in [-0.25, -0.2) is 0 Å². The molecule has 0 spiro atoms. The van der Waals surface area contributed by atoms with Gasteiger partial charge in [0.05, 0.1) is 19.9 Å². The van der Waals surface area contributed by atoms with E-state index in [1.807, 2.05) is 18.2 Å². The van der Waals surface area contributed by atoms with Crippen LogP contribution in [-0.4, -0.2) is 20.8 Å². The zero-order chi connectivity index (χ0) is 10.4. The lowest BCUT2D eigenvalue weighted by molar-refractivity contribution is 0.404. The summed E-state index contributed by atoms with van der Waals surface area (Å²) < 4.78 is 10.4. The van der Waals surface area contributed by atoms with Crippen molar-refractivity contribution in [3.05, 3.63) is 18.2 Å². The first kappa shape index (κ1) is 10.7. The van der Waals surface area contributed by atoms with E-state index in [2.05, 4.69) is 12.2 Å². The fraction of sp³-hybridized carbons (Fsp3) is 0.455. The van der Waals surface area contributed by atoms with Crippen molar-refractivity contribution in [2.45, 2.75) is 13.3 Å². The molecule has 0 unspecified atom stereocenters. The maximum Gasteiger partial charge on any atom is 0.142 e. The summed E-state index contributed by atoms with van der Waals surface area (Å²) in [5, 5.41) is 3.28. The molecule has 0 atom stereocenters. The van der Waals surface area contributed by atoms with Gasteiger partial charge in [-0.05, 0) is 18.6 Å². The molecule has 0 amide bonds. The summed E-state index contributed by atoms with van der Waals surface area (Å²) in [6, 6.07) is 5.72. The predicted octanol–water partition coefficient (Wildman–Crippen LogP) is 2.53. The van der Waals surface area contributed by atoms with Crippen molar-refractivity contribution in [3.63, 3.8) is 0 Å². The molecule has 1 aromatic carbocycles. The number of nitrogens with one attached hydrogen (secondary N) is 1. The Morgan fingerprint density at radius 2 is 2.00 bits per heavy atom. The molecule has 0 heterocycles. The van der Waals surface area contributed by atoms with Crippen LogP contribution in [0.3, 0.4) is 0 Å². The molecule has 78 valence electrons. The molecule has 0 radical (unpaired) electrons. The van der Waals surface area contributed by atoms with E-state index in [4.69, 9.17) is 9.47 Å². The molecular formula is C11H17NO2. The van der Waals surface area contributed by atoms with Gasteiger partial charge in [-0.15, -0.1) is 0 Å². The number of anilines is 1. The van der Waals surface area contributed by atoms with Crippen LogP contribution in [0, 0.1) is 0 Å². The lowest BCUT2D eigenvalue weighted by atomic mass is 10.2. The second-order valence-electron chi connectivity index (χ2n) is 2.99. The van der Waals surface area contributed by atoms with Crippen LogP contribution in [0.5, 0.6) is 11.5 Å². The fourth-order valence-corrected chi connectivity index (χ4v) is 1.21. The molecule has 0 saturated heterocycles. The van der Waals surface area contributed by atoms with E-state index >= 15 is 0 Å². The lowest BCUT2D eigenvalue weighted by Gasteiger charge is -2.11. The standard InChI is InChI=1S/C11H17NO2/c1-4-7-12-10-8-9(13-2)5-6-11(10)14-3/h5-6,8,12H,4,7H2,1-3H3. The summed E-state index contributed by atoms with van der Waals surface area (Å²) in [6.07, 6.45) is 1.08.